The zero-order valence-electron chi connectivity index (χ0n) is 17.4. The number of amides is 2. The summed E-state index contributed by atoms with van der Waals surface area (Å²) in [5.41, 5.74) is 2.93. The molecule has 3 aromatic rings. The predicted octanol–water partition coefficient (Wildman–Crippen LogP) is 5.08. The fraction of sp³-hybridized carbons (Fsp3) is 0.0800. The molecule has 0 heterocycles. The zero-order valence-corrected chi connectivity index (χ0v) is 18.2. The highest BCUT2D eigenvalue weighted by atomic mass is 32.2. The Bertz CT molecular complexity index is 1160. The summed E-state index contributed by atoms with van der Waals surface area (Å²) in [5, 5.41) is 14.7. The van der Waals surface area contributed by atoms with Crippen LogP contribution in [0.1, 0.15) is 21.5 Å². The lowest BCUT2D eigenvalue weighted by Gasteiger charge is -2.10. The number of hydrogen-bond donors (Lipinski definition) is 3. The quantitative estimate of drug-likeness (QED) is 0.331. The van der Waals surface area contributed by atoms with Gasteiger partial charge in [0.05, 0.1) is 11.3 Å². The minimum absolute atomic E-state index is 0.114. The van der Waals surface area contributed by atoms with E-state index >= 15 is 0 Å². The van der Waals surface area contributed by atoms with E-state index in [1.54, 1.807) is 37.3 Å². The highest BCUT2D eigenvalue weighted by Crippen LogP contribution is 2.23. The lowest BCUT2D eigenvalue weighted by Crippen LogP contribution is -2.15. The molecule has 3 aromatic carbocycles. The number of thioether (sulfide) groups is 1. The summed E-state index contributed by atoms with van der Waals surface area (Å²) in [6.07, 6.45) is 3.20. The number of hydrogen-bond acceptors (Lipinski definition) is 4. The molecule has 0 aliphatic rings. The molecule has 0 spiro atoms. The van der Waals surface area contributed by atoms with Gasteiger partial charge in [0, 0.05) is 22.3 Å². The number of carbonyl (C=O) groups is 3. The van der Waals surface area contributed by atoms with Gasteiger partial charge in [-0.3, -0.25) is 9.59 Å². The van der Waals surface area contributed by atoms with E-state index in [4.69, 9.17) is 5.11 Å². The van der Waals surface area contributed by atoms with E-state index in [-0.39, 0.29) is 23.1 Å². The summed E-state index contributed by atoms with van der Waals surface area (Å²) in [7, 11) is 0. The van der Waals surface area contributed by atoms with Crippen molar-refractivity contribution in [1.29, 1.82) is 0 Å². The minimum atomic E-state index is -1.05. The lowest BCUT2D eigenvalue weighted by molar-refractivity contribution is -0.114. The second-order valence-corrected chi connectivity index (χ2v) is 7.98. The van der Waals surface area contributed by atoms with Crippen LogP contribution >= 0.6 is 11.8 Å². The van der Waals surface area contributed by atoms with Crippen molar-refractivity contribution in [3.63, 3.8) is 0 Å². The number of benzene rings is 3. The van der Waals surface area contributed by atoms with E-state index in [0.717, 1.165) is 16.0 Å². The van der Waals surface area contributed by atoms with Crippen molar-refractivity contribution in [3.8, 4) is 0 Å². The van der Waals surface area contributed by atoms with Gasteiger partial charge in [0.15, 0.2) is 0 Å². The van der Waals surface area contributed by atoms with Crippen LogP contribution < -0.4 is 10.6 Å². The third kappa shape index (κ3) is 6.85. The summed E-state index contributed by atoms with van der Waals surface area (Å²) >= 11 is 1.32. The summed E-state index contributed by atoms with van der Waals surface area (Å²) in [6.45, 7) is 1.80. The maximum Gasteiger partial charge on any atom is 0.335 e. The smallest absolute Gasteiger partial charge is 0.335 e. The Morgan fingerprint density at radius 2 is 1.72 bits per heavy atom. The Labute approximate surface area is 190 Å². The van der Waals surface area contributed by atoms with Crippen LogP contribution in [-0.4, -0.2) is 28.6 Å². The summed E-state index contributed by atoms with van der Waals surface area (Å²) in [4.78, 5) is 36.5. The second-order valence-electron chi connectivity index (χ2n) is 6.93. The van der Waals surface area contributed by atoms with Gasteiger partial charge < -0.3 is 15.7 Å². The Morgan fingerprint density at radius 3 is 2.47 bits per heavy atom. The van der Waals surface area contributed by atoms with Gasteiger partial charge in [-0.15, -0.1) is 11.8 Å². The Kier molecular flexibility index (Phi) is 7.83. The molecular formula is C25H22N2O4S. The Hall–Kier alpha value is -3.84. The average molecular weight is 447 g/mol. The van der Waals surface area contributed by atoms with Crippen molar-refractivity contribution in [3.05, 3.63) is 95.6 Å². The van der Waals surface area contributed by atoms with Crippen LogP contribution in [0.3, 0.4) is 0 Å². The standard InChI is InChI=1S/C25H22N2O4S/c1-17-10-12-19(25(30)31)14-22(17)27-24(29)16-32-21-9-5-8-20(15-21)26-23(28)13-11-18-6-3-2-4-7-18/h2-15H,16H2,1H3,(H,26,28)(H,27,29)(H,30,31)/b13-11+. The molecule has 0 saturated carbocycles. The molecule has 2 amide bonds. The number of carboxylic acids is 1. The number of aromatic carboxylic acids is 1. The lowest BCUT2D eigenvalue weighted by atomic mass is 10.1. The van der Waals surface area contributed by atoms with Crippen LogP contribution in [0, 0.1) is 6.92 Å². The van der Waals surface area contributed by atoms with Gasteiger partial charge in [0.1, 0.15) is 0 Å². The molecule has 3 rings (SSSR count). The maximum atomic E-state index is 12.3. The van der Waals surface area contributed by atoms with E-state index in [1.807, 2.05) is 36.4 Å². The molecule has 0 fully saturated rings. The first-order valence-corrected chi connectivity index (χ1v) is 10.8. The van der Waals surface area contributed by atoms with Gasteiger partial charge in [-0.2, -0.15) is 0 Å². The first-order valence-electron chi connectivity index (χ1n) is 9.81. The van der Waals surface area contributed by atoms with Crippen LogP contribution in [0.15, 0.2) is 83.8 Å². The molecule has 7 heteroatoms. The average Bonchev–Trinajstić information content (AvgIpc) is 2.78. The predicted molar refractivity (Wildman–Crippen MR) is 128 cm³/mol. The number of rotatable bonds is 8. The number of carboxylic acid groups (broad SMARTS) is 1. The van der Waals surface area contributed by atoms with Crippen LogP contribution in [0.5, 0.6) is 0 Å². The molecular weight excluding hydrogens is 424 g/mol. The van der Waals surface area contributed by atoms with Crippen LogP contribution in [-0.2, 0) is 9.59 Å². The summed E-state index contributed by atoms with van der Waals surface area (Å²) < 4.78 is 0. The second kappa shape index (κ2) is 11.0. The monoisotopic (exact) mass is 446 g/mol. The molecule has 0 aliphatic carbocycles. The van der Waals surface area contributed by atoms with Crippen molar-refractivity contribution in [2.45, 2.75) is 11.8 Å². The number of aryl methyl sites for hydroxylation is 1. The Morgan fingerprint density at radius 1 is 0.938 bits per heavy atom. The molecule has 0 unspecified atom stereocenters. The van der Waals surface area contributed by atoms with Crippen LogP contribution in [0.25, 0.3) is 6.08 Å². The normalized spacial score (nSPS) is 10.7. The molecule has 3 N–H and O–H groups in total. The fourth-order valence-electron chi connectivity index (χ4n) is 2.81. The third-order valence-corrected chi connectivity index (χ3v) is 5.45. The van der Waals surface area contributed by atoms with Gasteiger partial charge in [-0.25, -0.2) is 4.79 Å². The van der Waals surface area contributed by atoms with Gasteiger partial charge in [-0.05, 0) is 54.5 Å². The van der Waals surface area contributed by atoms with Crippen LogP contribution in [0.2, 0.25) is 0 Å². The molecule has 0 aliphatic heterocycles. The number of nitrogens with one attached hydrogen (secondary N) is 2. The SMILES string of the molecule is Cc1ccc(C(=O)O)cc1NC(=O)CSc1cccc(NC(=O)/C=C/c2ccccc2)c1. The van der Waals surface area contributed by atoms with Gasteiger partial charge in [-0.1, -0.05) is 42.5 Å². The van der Waals surface area contributed by atoms with Gasteiger partial charge in [0.2, 0.25) is 11.8 Å². The minimum Gasteiger partial charge on any atom is -0.478 e. The van der Waals surface area contributed by atoms with Crippen molar-refractivity contribution < 1.29 is 19.5 Å². The molecule has 0 radical (unpaired) electrons. The van der Waals surface area contributed by atoms with E-state index in [9.17, 15) is 14.4 Å². The molecule has 0 aromatic heterocycles. The molecule has 162 valence electrons. The van der Waals surface area contributed by atoms with E-state index in [2.05, 4.69) is 10.6 Å². The fourth-order valence-corrected chi connectivity index (χ4v) is 3.56. The topological polar surface area (TPSA) is 95.5 Å². The third-order valence-electron chi connectivity index (χ3n) is 4.46. The van der Waals surface area contributed by atoms with Crippen molar-refractivity contribution >= 4 is 47.0 Å². The molecule has 32 heavy (non-hydrogen) atoms. The first kappa shape index (κ1) is 22.8. The molecule has 0 bridgehead atoms. The Balaban J connectivity index is 1.55. The summed E-state index contributed by atoms with van der Waals surface area (Å²) in [5.74, 6) is -1.40. The first-order chi connectivity index (χ1) is 15.4. The number of anilines is 2. The van der Waals surface area contributed by atoms with Crippen molar-refractivity contribution in [2.24, 2.45) is 0 Å². The van der Waals surface area contributed by atoms with Gasteiger partial charge in [0.25, 0.3) is 0 Å². The largest absolute Gasteiger partial charge is 0.478 e. The van der Waals surface area contributed by atoms with E-state index in [1.165, 1.54) is 30.0 Å². The highest BCUT2D eigenvalue weighted by molar-refractivity contribution is 8.00. The van der Waals surface area contributed by atoms with Crippen LogP contribution in [0.4, 0.5) is 11.4 Å². The van der Waals surface area contributed by atoms with E-state index < -0.39 is 5.97 Å². The maximum absolute atomic E-state index is 12.3. The van der Waals surface area contributed by atoms with Crippen molar-refractivity contribution in [1.82, 2.24) is 0 Å². The van der Waals surface area contributed by atoms with E-state index in [0.29, 0.717) is 11.4 Å². The van der Waals surface area contributed by atoms with Gasteiger partial charge >= 0.3 is 5.97 Å². The molecule has 0 atom stereocenters. The summed E-state index contributed by atoms with van der Waals surface area (Å²) in [6, 6.07) is 21.4. The number of carbonyl (C=O) groups excluding carboxylic acids is 2. The highest BCUT2D eigenvalue weighted by Gasteiger charge is 2.10. The molecule has 6 nitrogen and oxygen atoms in total. The van der Waals surface area contributed by atoms with Crippen molar-refractivity contribution in [2.75, 3.05) is 16.4 Å². The molecule has 0 saturated heterocycles. The zero-order chi connectivity index (χ0) is 22.9.